The van der Waals surface area contributed by atoms with Crippen LogP contribution in [0, 0.1) is 6.92 Å². The van der Waals surface area contributed by atoms with Crippen molar-refractivity contribution >= 4 is 34.9 Å². The zero-order valence-electron chi connectivity index (χ0n) is 12.1. The Balaban J connectivity index is 1.98. The summed E-state index contributed by atoms with van der Waals surface area (Å²) < 4.78 is 11.6. The molecule has 1 aromatic carbocycles. The molecule has 21 heavy (non-hydrogen) atoms. The fourth-order valence-electron chi connectivity index (χ4n) is 1.73. The molecule has 6 heteroatoms. The Morgan fingerprint density at radius 3 is 2.76 bits per heavy atom. The van der Waals surface area contributed by atoms with Gasteiger partial charge in [0.05, 0.1) is 11.3 Å². The number of carbonyl (C=O) groups is 1. The minimum atomic E-state index is -0.477. The van der Waals surface area contributed by atoms with Crippen LogP contribution in [0.25, 0.3) is 0 Å². The summed E-state index contributed by atoms with van der Waals surface area (Å²) in [5, 5.41) is 2.65. The molecule has 1 aromatic heterocycles. The lowest BCUT2D eigenvalue weighted by atomic mass is 10.2. The molecule has 2 aromatic rings. The first-order chi connectivity index (χ1) is 10.1. The van der Waals surface area contributed by atoms with Crippen molar-refractivity contribution in [1.82, 2.24) is 0 Å². The second kappa shape index (κ2) is 7.38. The molecule has 0 spiro atoms. The Labute approximate surface area is 132 Å². The van der Waals surface area contributed by atoms with Gasteiger partial charge in [0.1, 0.15) is 12.4 Å². The monoisotopic (exact) mass is 323 g/mol. The molecule has 0 saturated carbocycles. The Kier molecular flexibility index (Phi) is 5.52. The normalized spacial score (nSPS) is 10.2. The van der Waals surface area contributed by atoms with Crippen LogP contribution in [0.2, 0.25) is 0 Å². The lowest BCUT2D eigenvalue weighted by molar-refractivity contribution is 0.187. The van der Waals surface area contributed by atoms with Crippen LogP contribution in [0.1, 0.15) is 10.4 Å². The zero-order valence-corrected chi connectivity index (χ0v) is 13.8. The number of thiophene rings is 1. The van der Waals surface area contributed by atoms with Gasteiger partial charge in [0, 0.05) is 10.6 Å². The minimum absolute atomic E-state index is 0.477. The molecule has 1 heterocycles. The summed E-state index contributed by atoms with van der Waals surface area (Å²) in [6.07, 6.45) is 1.59. The maximum Gasteiger partial charge on any atom is 0.411 e. The number of methoxy groups -OCH3 is 1. The van der Waals surface area contributed by atoms with E-state index < -0.39 is 6.09 Å². The summed E-state index contributed by atoms with van der Waals surface area (Å²) in [5.41, 5.74) is 1.64. The first-order valence-electron chi connectivity index (χ1n) is 6.33. The van der Waals surface area contributed by atoms with Gasteiger partial charge in [-0.05, 0) is 49.1 Å². The summed E-state index contributed by atoms with van der Waals surface area (Å²) in [7, 11) is 1.34. The number of rotatable bonds is 5. The maximum atomic E-state index is 11.2. The van der Waals surface area contributed by atoms with Gasteiger partial charge in [-0.25, -0.2) is 4.79 Å². The van der Waals surface area contributed by atoms with Gasteiger partial charge >= 0.3 is 6.09 Å². The van der Waals surface area contributed by atoms with E-state index in [1.54, 1.807) is 23.1 Å². The van der Waals surface area contributed by atoms with Crippen molar-refractivity contribution < 1.29 is 14.3 Å². The minimum Gasteiger partial charge on any atom is -0.488 e. The lowest BCUT2D eigenvalue weighted by Gasteiger charge is -2.10. The summed E-state index contributed by atoms with van der Waals surface area (Å²) in [4.78, 5) is 12.4. The molecule has 0 aliphatic heterocycles. The summed E-state index contributed by atoms with van der Waals surface area (Å²) in [6.45, 7) is 2.46. The van der Waals surface area contributed by atoms with E-state index in [4.69, 9.17) is 4.74 Å². The number of thioether (sulfide) groups is 1. The highest BCUT2D eigenvalue weighted by molar-refractivity contribution is 8.00. The molecular weight excluding hydrogens is 306 g/mol. The number of amides is 1. The zero-order chi connectivity index (χ0) is 15.2. The third-order valence-corrected chi connectivity index (χ3v) is 4.98. The number of anilines is 1. The number of nitrogens with one attached hydrogen (secondary N) is 1. The van der Waals surface area contributed by atoms with Crippen LogP contribution in [-0.4, -0.2) is 19.5 Å². The standard InChI is InChI=1S/C15H17NO3S2/c1-10-8-11(4-6-13(10)16-15(17)18-2)19-9-12-5-7-14(20-3)21-12/h4-8H,9H2,1-3H3,(H,16,17). The fourth-order valence-corrected chi connectivity index (χ4v) is 3.23. The topological polar surface area (TPSA) is 47.6 Å². The van der Waals surface area contributed by atoms with Crippen molar-refractivity contribution in [2.75, 3.05) is 18.7 Å². The molecule has 0 aliphatic rings. The van der Waals surface area contributed by atoms with Crippen molar-refractivity contribution in [2.45, 2.75) is 17.7 Å². The van der Waals surface area contributed by atoms with Gasteiger partial charge in [0.25, 0.3) is 0 Å². The number of hydrogen-bond acceptors (Lipinski definition) is 5. The predicted molar refractivity (Wildman–Crippen MR) is 87.6 cm³/mol. The van der Waals surface area contributed by atoms with Crippen LogP contribution >= 0.6 is 23.1 Å². The Morgan fingerprint density at radius 2 is 2.14 bits per heavy atom. The van der Waals surface area contributed by atoms with Gasteiger partial charge in [-0.1, -0.05) is 0 Å². The molecule has 0 aliphatic carbocycles. The third kappa shape index (κ3) is 4.41. The molecule has 0 atom stereocenters. The van der Waals surface area contributed by atoms with Crippen molar-refractivity contribution in [1.29, 1.82) is 0 Å². The SMILES string of the molecule is COC(=O)Nc1ccc(OCc2ccc(SC)s2)cc1C. The fraction of sp³-hybridized carbons (Fsp3) is 0.267. The highest BCUT2D eigenvalue weighted by Crippen LogP contribution is 2.27. The molecule has 0 fully saturated rings. The second-order valence-corrected chi connectivity index (χ2v) is 6.58. The predicted octanol–water partition coefficient (Wildman–Crippen LogP) is 4.54. The largest absolute Gasteiger partial charge is 0.488 e. The Bertz CT molecular complexity index is 625. The Morgan fingerprint density at radius 1 is 1.33 bits per heavy atom. The molecule has 1 amide bonds. The van der Waals surface area contributed by atoms with Crippen molar-refractivity contribution in [3.63, 3.8) is 0 Å². The summed E-state index contributed by atoms with van der Waals surface area (Å²) in [6, 6.07) is 9.72. The van der Waals surface area contributed by atoms with Crippen molar-refractivity contribution in [3.8, 4) is 5.75 Å². The number of hydrogen-bond donors (Lipinski definition) is 1. The van der Waals surface area contributed by atoms with Gasteiger partial charge in [-0.3, -0.25) is 5.32 Å². The van der Waals surface area contributed by atoms with Crippen LogP contribution in [0.4, 0.5) is 10.5 Å². The van der Waals surface area contributed by atoms with E-state index in [9.17, 15) is 4.79 Å². The highest BCUT2D eigenvalue weighted by atomic mass is 32.2. The molecule has 0 saturated heterocycles. The quantitative estimate of drug-likeness (QED) is 0.821. The molecule has 112 valence electrons. The third-order valence-electron chi connectivity index (χ3n) is 2.84. The summed E-state index contributed by atoms with van der Waals surface area (Å²) in [5.74, 6) is 0.780. The van der Waals surface area contributed by atoms with E-state index in [1.807, 2.05) is 25.1 Å². The first-order valence-corrected chi connectivity index (χ1v) is 8.37. The highest BCUT2D eigenvalue weighted by Gasteiger charge is 2.06. The van der Waals surface area contributed by atoms with E-state index in [-0.39, 0.29) is 0 Å². The molecule has 0 unspecified atom stereocenters. The molecule has 1 N–H and O–H groups in total. The first kappa shape index (κ1) is 15.7. The number of benzene rings is 1. The van der Waals surface area contributed by atoms with Gasteiger partial charge < -0.3 is 9.47 Å². The van der Waals surface area contributed by atoms with Crippen LogP contribution in [0.3, 0.4) is 0 Å². The van der Waals surface area contributed by atoms with Gasteiger partial charge in [0.15, 0.2) is 0 Å². The molecular formula is C15H17NO3S2. The number of ether oxygens (including phenoxy) is 2. The Hall–Kier alpha value is -1.66. The van der Waals surface area contributed by atoms with E-state index in [2.05, 4.69) is 28.4 Å². The van der Waals surface area contributed by atoms with Gasteiger partial charge in [0.2, 0.25) is 0 Å². The molecule has 2 rings (SSSR count). The molecule has 0 bridgehead atoms. The maximum absolute atomic E-state index is 11.2. The average Bonchev–Trinajstić information content (AvgIpc) is 2.95. The summed E-state index contributed by atoms with van der Waals surface area (Å²) >= 11 is 3.47. The smallest absolute Gasteiger partial charge is 0.411 e. The van der Waals surface area contributed by atoms with E-state index in [0.717, 1.165) is 17.0 Å². The van der Waals surface area contributed by atoms with Crippen LogP contribution in [-0.2, 0) is 11.3 Å². The van der Waals surface area contributed by atoms with Gasteiger partial charge in [-0.2, -0.15) is 0 Å². The average molecular weight is 323 g/mol. The number of aryl methyl sites for hydroxylation is 1. The van der Waals surface area contributed by atoms with Crippen molar-refractivity contribution in [3.05, 3.63) is 40.8 Å². The van der Waals surface area contributed by atoms with Crippen LogP contribution < -0.4 is 10.1 Å². The van der Waals surface area contributed by atoms with Gasteiger partial charge in [-0.15, -0.1) is 23.1 Å². The van der Waals surface area contributed by atoms with E-state index in [0.29, 0.717) is 6.61 Å². The molecule has 0 radical (unpaired) electrons. The molecule has 4 nitrogen and oxygen atoms in total. The number of carbonyl (C=O) groups excluding carboxylic acids is 1. The second-order valence-electron chi connectivity index (χ2n) is 4.31. The van der Waals surface area contributed by atoms with Crippen molar-refractivity contribution in [2.24, 2.45) is 0 Å². The van der Waals surface area contributed by atoms with E-state index in [1.165, 1.54) is 16.2 Å². The van der Waals surface area contributed by atoms with Crippen LogP contribution in [0.5, 0.6) is 5.75 Å². The van der Waals surface area contributed by atoms with E-state index >= 15 is 0 Å². The van der Waals surface area contributed by atoms with Crippen LogP contribution in [0.15, 0.2) is 34.5 Å². The lowest BCUT2D eigenvalue weighted by Crippen LogP contribution is -2.11.